The van der Waals surface area contributed by atoms with Crippen LogP contribution in [0.15, 0.2) is 21.9 Å². The molecule has 1 heterocycles. The number of nitrogens with zero attached hydrogens (tertiary/aromatic N) is 2. The summed E-state index contributed by atoms with van der Waals surface area (Å²) < 4.78 is 7.64. The Morgan fingerprint density at radius 2 is 1.03 bits per heavy atom. The summed E-state index contributed by atoms with van der Waals surface area (Å²) in [5, 5.41) is 3.11. The molecule has 0 radical (unpaired) electrons. The van der Waals surface area contributed by atoms with Gasteiger partial charge in [-0.1, -0.05) is 162 Å². The third-order valence-corrected chi connectivity index (χ3v) is 11.7. The minimum Gasteiger partial charge on any atom is -0.462 e. The predicted octanol–water partition coefficient (Wildman–Crippen LogP) is 12.2. The van der Waals surface area contributed by atoms with Crippen LogP contribution in [0.4, 0.5) is 0 Å². The third kappa shape index (κ3) is 33.4. The molecule has 0 aromatic carbocycles. The number of aryl methyl sites for hydroxylation is 1. The lowest BCUT2D eigenvalue weighted by Crippen LogP contribution is -2.31. The van der Waals surface area contributed by atoms with E-state index < -0.39 is 0 Å². The summed E-state index contributed by atoms with van der Waals surface area (Å²) in [5.74, 6) is 0.196. The molecule has 2 N–H and O–H groups in total. The first kappa shape index (κ1) is 53.6. The molecular formula is C49H92N4O5. The second kappa shape index (κ2) is 40.0. The minimum absolute atomic E-state index is 0.00296. The van der Waals surface area contributed by atoms with E-state index in [4.69, 9.17) is 4.74 Å². The lowest BCUT2D eigenvalue weighted by atomic mass is 10.0. The molecule has 9 nitrogen and oxygen atoms in total. The summed E-state index contributed by atoms with van der Waals surface area (Å²) in [5.41, 5.74) is -0.708. The molecule has 1 aromatic rings. The van der Waals surface area contributed by atoms with Crippen LogP contribution in [0.2, 0.25) is 0 Å². The highest BCUT2D eigenvalue weighted by Crippen LogP contribution is 2.18. The van der Waals surface area contributed by atoms with Gasteiger partial charge < -0.3 is 19.5 Å². The molecule has 0 spiro atoms. The Bertz CT molecular complexity index is 1180. The van der Waals surface area contributed by atoms with Gasteiger partial charge in [0.05, 0.1) is 0 Å². The van der Waals surface area contributed by atoms with Gasteiger partial charge in [0, 0.05) is 38.2 Å². The molecule has 0 aliphatic carbocycles. The van der Waals surface area contributed by atoms with Crippen LogP contribution in [0.3, 0.4) is 0 Å². The first-order valence-corrected chi connectivity index (χ1v) is 24.9. The van der Waals surface area contributed by atoms with Crippen LogP contribution in [-0.4, -0.2) is 58.6 Å². The Kier molecular flexibility index (Phi) is 37.0. The third-order valence-electron chi connectivity index (χ3n) is 11.7. The molecule has 0 aliphatic rings. The highest BCUT2D eigenvalue weighted by molar-refractivity contribution is 5.75. The molecule has 0 fully saturated rings. The lowest BCUT2D eigenvalue weighted by Gasteiger charge is -2.22. The van der Waals surface area contributed by atoms with Gasteiger partial charge in [-0.3, -0.25) is 19.4 Å². The second-order valence-corrected chi connectivity index (χ2v) is 17.2. The number of hydrogen-bond acceptors (Lipinski definition) is 6. The Morgan fingerprint density at radius 1 is 0.586 bits per heavy atom. The summed E-state index contributed by atoms with van der Waals surface area (Å²) in [4.78, 5) is 53.6. The molecule has 0 saturated heterocycles. The van der Waals surface area contributed by atoms with Crippen molar-refractivity contribution in [1.29, 1.82) is 0 Å². The normalized spacial score (nSPS) is 11.5. The van der Waals surface area contributed by atoms with Crippen molar-refractivity contribution in [2.75, 3.05) is 26.2 Å². The fraction of sp³-hybridized carbons (Fsp3) is 0.878. The molecule has 0 atom stereocenters. The molecule has 1 rings (SSSR count). The Hall–Kier alpha value is -2.42. The van der Waals surface area contributed by atoms with Crippen LogP contribution in [0.5, 0.6) is 0 Å². The number of H-pyrrole nitrogens is 1. The maximum Gasteiger partial charge on any atom is 0.328 e. The van der Waals surface area contributed by atoms with E-state index in [9.17, 15) is 19.2 Å². The molecule has 58 heavy (non-hydrogen) atoms. The van der Waals surface area contributed by atoms with Crippen LogP contribution in [0.25, 0.3) is 0 Å². The molecule has 0 unspecified atom stereocenters. The summed E-state index contributed by atoms with van der Waals surface area (Å²) in [6.07, 6.45) is 40.6. The topological polar surface area (TPSA) is 114 Å². The number of nitrogens with one attached hydrogen (secondary N) is 2. The number of esters is 1. The van der Waals surface area contributed by atoms with Gasteiger partial charge in [0.2, 0.25) is 5.91 Å². The fourth-order valence-electron chi connectivity index (χ4n) is 7.92. The van der Waals surface area contributed by atoms with Crippen LogP contribution >= 0.6 is 0 Å². The van der Waals surface area contributed by atoms with Crippen molar-refractivity contribution in [1.82, 2.24) is 19.8 Å². The summed E-state index contributed by atoms with van der Waals surface area (Å²) in [6.45, 7) is 11.1. The molecule has 0 aliphatic heterocycles. The Morgan fingerprint density at radius 3 is 1.57 bits per heavy atom. The highest BCUT2D eigenvalue weighted by atomic mass is 16.5. The fourth-order valence-corrected chi connectivity index (χ4v) is 7.92. The standard InChI is InChI=1S/C49H92N4O5/c1-4-7-10-13-16-23-30-39-50-46(54)36-28-21-17-24-31-40-52(42-33-43-53-44-38-47(55)51-49(53)57)41-32-25-18-22-29-37-48(56)58-45(34-26-19-14-11-8-5-2)35-27-20-15-12-9-6-3/h38,44-45H,4-37,39-43H2,1-3H3,(H,50,54)(H,51,55,57). The van der Waals surface area contributed by atoms with Gasteiger partial charge in [-0.2, -0.15) is 0 Å². The van der Waals surface area contributed by atoms with E-state index in [2.05, 4.69) is 36.0 Å². The van der Waals surface area contributed by atoms with Crippen molar-refractivity contribution in [2.45, 2.75) is 252 Å². The van der Waals surface area contributed by atoms with Crippen molar-refractivity contribution in [3.8, 4) is 0 Å². The van der Waals surface area contributed by atoms with Crippen LogP contribution < -0.4 is 16.6 Å². The van der Waals surface area contributed by atoms with Crippen LogP contribution in [-0.2, 0) is 20.9 Å². The van der Waals surface area contributed by atoms with Gasteiger partial charge in [-0.25, -0.2) is 4.79 Å². The molecular weight excluding hydrogens is 725 g/mol. The molecule has 9 heteroatoms. The van der Waals surface area contributed by atoms with Crippen molar-refractivity contribution >= 4 is 11.9 Å². The quantitative estimate of drug-likeness (QED) is 0.0501. The van der Waals surface area contributed by atoms with Gasteiger partial charge in [0.15, 0.2) is 0 Å². The minimum atomic E-state index is -0.361. The summed E-state index contributed by atoms with van der Waals surface area (Å²) >= 11 is 0. The predicted molar refractivity (Wildman–Crippen MR) is 245 cm³/mol. The lowest BCUT2D eigenvalue weighted by molar-refractivity contribution is -0.150. The van der Waals surface area contributed by atoms with Gasteiger partial charge in [-0.05, 0) is 83.8 Å². The maximum absolute atomic E-state index is 12.8. The average molecular weight is 817 g/mol. The van der Waals surface area contributed by atoms with Crippen molar-refractivity contribution in [3.05, 3.63) is 33.1 Å². The van der Waals surface area contributed by atoms with Gasteiger partial charge in [0.25, 0.3) is 5.56 Å². The van der Waals surface area contributed by atoms with E-state index in [0.717, 1.165) is 116 Å². The smallest absolute Gasteiger partial charge is 0.328 e. The van der Waals surface area contributed by atoms with Gasteiger partial charge >= 0.3 is 11.7 Å². The number of rotatable bonds is 43. The summed E-state index contributed by atoms with van der Waals surface area (Å²) in [6, 6.07) is 1.41. The number of aromatic nitrogens is 2. The molecule has 338 valence electrons. The number of aromatic amines is 1. The van der Waals surface area contributed by atoms with E-state index in [0.29, 0.717) is 19.4 Å². The van der Waals surface area contributed by atoms with E-state index in [-0.39, 0.29) is 29.2 Å². The van der Waals surface area contributed by atoms with Crippen LogP contribution in [0.1, 0.15) is 239 Å². The molecule has 0 bridgehead atoms. The monoisotopic (exact) mass is 817 g/mol. The number of ether oxygens (including phenoxy) is 1. The number of hydrogen-bond donors (Lipinski definition) is 2. The SMILES string of the molecule is CCCCCCCCCNC(=O)CCCCCCCN(CCCCCCCC(=O)OC(CCCCCCCC)CCCCCCCC)CCCn1ccc(=O)[nH]c1=O. The zero-order valence-electron chi connectivity index (χ0n) is 38.2. The average Bonchev–Trinajstić information content (AvgIpc) is 3.21. The number of carbonyl (C=O) groups is 2. The summed E-state index contributed by atoms with van der Waals surface area (Å²) in [7, 11) is 0. The van der Waals surface area contributed by atoms with E-state index in [1.165, 1.54) is 122 Å². The van der Waals surface area contributed by atoms with E-state index in [1.54, 1.807) is 10.8 Å². The maximum atomic E-state index is 12.8. The molecule has 1 aromatic heterocycles. The Labute approximate surface area is 356 Å². The molecule has 1 amide bonds. The Balaban J connectivity index is 2.35. The number of carbonyl (C=O) groups excluding carboxylic acids is 2. The van der Waals surface area contributed by atoms with E-state index in [1.807, 2.05) is 0 Å². The first-order valence-electron chi connectivity index (χ1n) is 24.9. The van der Waals surface area contributed by atoms with Gasteiger partial charge in [0.1, 0.15) is 6.10 Å². The van der Waals surface area contributed by atoms with Crippen molar-refractivity contribution < 1.29 is 14.3 Å². The highest BCUT2D eigenvalue weighted by Gasteiger charge is 2.14. The van der Waals surface area contributed by atoms with Crippen LogP contribution in [0, 0.1) is 0 Å². The van der Waals surface area contributed by atoms with Gasteiger partial charge in [-0.15, -0.1) is 0 Å². The molecule has 0 saturated carbocycles. The van der Waals surface area contributed by atoms with Crippen molar-refractivity contribution in [3.63, 3.8) is 0 Å². The largest absolute Gasteiger partial charge is 0.462 e. The number of unbranched alkanes of at least 4 members (excludes halogenated alkanes) is 24. The first-order chi connectivity index (χ1) is 28.4. The zero-order valence-corrected chi connectivity index (χ0v) is 38.2. The van der Waals surface area contributed by atoms with Crippen molar-refractivity contribution in [2.24, 2.45) is 0 Å². The number of amides is 1. The second-order valence-electron chi connectivity index (χ2n) is 17.2. The zero-order chi connectivity index (χ0) is 42.2. The van der Waals surface area contributed by atoms with E-state index >= 15 is 0 Å².